The maximum atomic E-state index is 12.1. The van der Waals surface area contributed by atoms with Gasteiger partial charge in [-0.05, 0) is 35.4 Å². The Morgan fingerprint density at radius 1 is 1.04 bits per heavy atom. The third-order valence-corrected chi connectivity index (χ3v) is 4.76. The minimum absolute atomic E-state index is 0.232. The normalized spacial score (nSPS) is 12.1. The molecule has 1 atom stereocenters. The standard InChI is InChI=1S/C24H26N2O2/c1-25(22-10-4-3-5-11-22)16-8-9-20-12-14-21(15-13-20)19-23(24(27)28-2)26-17-6-7-18-26/h3-15,17-18,23H,16,19H2,1-2H3/b9-8+/t23-/m0/s1. The molecular formula is C24H26N2O2. The van der Waals surface area contributed by atoms with Gasteiger partial charge in [-0.15, -0.1) is 0 Å². The first-order chi connectivity index (χ1) is 13.7. The molecule has 2 aromatic carbocycles. The second kappa shape index (κ2) is 9.60. The van der Waals surface area contributed by atoms with Gasteiger partial charge in [0.1, 0.15) is 6.04 Å². The average Bonchev–Trinajstić information content (AvgIpc) is 3.27. The summed E-state index contributed by atoms with van der Waals surface area (Å²) in [6.45, 7) is 0.837. The Morgan fingerprint density at radius 2 is 1.71 bits per heavy atom. The fourth-order valence-electron chi connectivity index (χ4n) is 3.12. The van der Waals surface area contributed by atoms with Gasteiger partial charge in [0.05, 0.1) is 7.11 Å². The molecule has 0 saturated carbocycles. The Kier molecular flexibility index (Phi) is 6.68. The molecule has 4 heteroatoms. The number of nitrogens with zero attached hydrogens (tertiary/aromatic N) is 2. The number of esters is 1. The van der Waals surface area contributed by atoms with E-state index in [0.29, 0.717) is 6.42 Å². The maximum absolute atomic E-state index is 12.1. The summed E-state index contributed by atoms with van der Waals surface area (Å²) in [7, 11) is 3.51. The van der Waals surface area contributed by atoms with Crippen molar-refractivity contribution in [2.45, 2.75) is 12.5 Å². The number of likely N-dealkylation sites (N-methyl/N-ethyl adjacent to an activating group) is 1. The summed E-state index contributed by atoms with van der Waals surface area (Å²) in [6, 6.07) is 22.1. The van der Waals surface area contributed by atoms with Crippen LogP contribution in [0.4, 0.5) is 5.69 Å². The zero-order chi connectivity index (χ0) is 19.8. The first kappa shape index (κ1) is 19.5. The Bertz CT molecular complexity index is 884. The van der Waals surface area contributed by atoms with E-state index >= 15 is 0 Å². The highest BCUT2D eigenvalue weighted by molar-refractivity contribution is 5.74. The molecule has 28 heavy (non-hydrogen) atoms. The molecule has 0 aliphatic rings. The number of benzene rings is 2. The third kappa shape index (κ3) is 5.13. The van der Waals surface area contributed by atoms with Gasteiger partial charge >= 0.3 is 5.97 Å². The van der Waals surface area contributed by atoms with Crippen molar-refractivity contribution in [1.82, 2.24) is 4.57 Å². The van der Waals surface area contributed by atoms with Gasteiger partial charge in [-0.25, -0.2) is 4.79 Å². The molecule has 3 aromatic rings. The van der Waals surface area contributed by atoms with Crippen LogP contribution in [0.2, 0.25) is 0 Å². The van der Waals surface area contributed by atoms with Crippen molar-refractivity contribution in [3.8, 4) is 0 Å². The lowest BCUT2D eigenvalue weighted by Crippen LogP contribution is -2.22. The number of hydrogen-bond acceptors (Lipinski definition) is 3. The molecule has 0 radical (unpaired) electrons. The van der Waals surface area contributed by atoms with Crippen LogP contribution in [0.1, 0.15) is 17.2 Å². The largest absolute Gasteiger partial charge is 0.467 e. The van der Waals surface area contributed by atoms with Crippen LogP contribution < -0.4 is 4.90 Å². The molecule has 0 spiro atoms. The van der Waals surface area contributed by atoms with E-state index in [0.717, 1.165) is 17.7 Å². The highest BCUT2D eigenvalue weighted by atomic mass is 16.5. The molecule has 1 heterocycles. The lowest BCUT2D eigenvalue weighted by atomic mass is 10.0. The first-order valence-corrected chi connectivity index (χ1v) is 9.39. The van der Waals surface area contributed by atoms with Gasteiger partial charge in [0, 0.05) is 38.1 Å². The van der Waals surface area contributed by atoms with E-state index in [4.69, 9.17) is 4.74 Å². The summed E-state index contributed by atoms with van der Waals surface area (Å²) in [5.74, 6) is -0.232. The van der Waals surface area contributed by atoms with Crippen LogP contribution in [-0.4, -0.2) is 31.2 Å². The fourth-order valence-corrected chi connectivity index (χ4v) is 3.12. The van der Waals surface area contributed by atoms with E-state index in [1.165, 1.54) is 12.8 Å². The third-order valence-electron chi connectivity index (χ3n) is 4.76. The van der Waals surface area contributed by atoms with Crippen molar-refractivity contribution >= 4 is 17.7 Å². The van der Waals surface area contributed by atoms with E-state index in [9.17, 15) is 4.79 Å². The first-order valence-electron chi connectivity index (χ1n) is 9.39. The van der Waals surface area contributed by atoms with Crippen LogP contribution in [0.3, 0.4) is 0 Å². The van der Waals surface area contributed by atoms with Crippen LogP contribution in [-0.2, 0) is 16.0 Å². The molecule has 1 aromatic heterocycles. The van der Waals surface area contributed by atoms with E-state index in [-0.39, 0.29) is 12.0 Å². The number of para-hydroxylation sites is 1. The summed E-state index contributed by atoms with van der Waals surface area (Å²) < 4.78 is 6.86. The predicted octanol–water partition coefficient (Wildman–Crippen LogP) is 4.59. The molecule has 0 saturated heterocycles. The molecule has 0 unspecified atom stereocenters. The van der Waals surface area contributed by atoms with Gasteiger partial charge in [-0.3, -0.25) is 0 Å². The van der Waals surface area contributed by atoms with Crippen molar-refractivity contribution in [1.29, 1.82) is 0 Å². The number of aromatic nitrogens is 1. The summed E-state index contributed by atoms with van der Waals surface area (Å²) in [5.41, 5.74) is 3.44. The van der Waals surface area contributed by atoms with Gasteiger partial charge < -0.3 is 14.2 Å². The Balaban J connectivity index is 1.60. The molecule has 3 rings (SSSR count). The zero-order valence-electron chi connectivity index (χ0n) is 16.4. The molecular weight excluding hydrogens is 348 g/mol. The van der Waals surface area contributed by atoms with Crippen LogP contribution in [0.15, 0.2) is 85.2 Å². The molecule has 4 nitrogen and oxygen atoms in total. The molecule has 0 aliphatic heterocycles. The number of hydrogen-bond donors (Lipinski definition) is 0. The number of rotatable bonds is 8. The lowest BCUT2D eigenvalue weighted by Gasteiger charge is -2.17. The lowest BCUT2D eigenvalue weighted by molar-refractivity contribution is -0.144. The topological polar surface area (TPSA) is 34.5 Å². The summed E-state index contributed by atoms with van der Waals surface area (Å²) in [5, 5.41) is 0. The van der Waals surface area contributed by atoms with E-state index in [2.05, 4.69) is 60.5 Å². The highest BCUT2D eigenvalue weighted by Gasteiger charge is 2.20. The molecule has 0 N–H and O–H groups in total. The van der Waals surface area contributed by atoms with Crippen molar-refractivity contribution < 1.29 is 9.53 Å². The van der Waals surface area contributed by atoms with Gasteiger partial charge in [0.2, 0.25) is 0 Å². The van der Waals surface area contributed by atoms with E-state index < -0.39 is 0 Å². The van der Waals surface area contributed by atoms with E-state index in [1.807, 2.05) is 47.3 Å². The van der Waals surface area contributed by atoms with Gasteiger partial charge in [0.15, 0.2) is 0 Å². The molecule has 144 valence electrons. The Morgan fingerprint density at radius 3 is 2.36 bits per heavy atom. The van der Waals surface area contributed by atoms with Crippen LogP contribution in [0, 0.1) is 0 Å². The number of methoxy groups -OCH3 is 1. The smallest absolute Gasteiger partial charge is 0.329 e. The molecule has 0 aliphatic carbocycles. The van der Waals surface area contributed by atoms with Crippen molar-refractivity contribution in [2.75, 3.05) is 25.6 Å². The van der Waals surface area contributed by atoms with Crippen LogP contribution in [0.5, 0.6) is 0 Å². The van der Waals surface area contributed by atoms with Gasteiger partial charge in [-0.2, -0.15) is 0 Å². The van der Waals surface area contributed by atoms with Gasteiger partial charge in [0.25, 0.3) is 0 Å². The quantitative estimate of drug-likeness (QED) is 0.541. The number of ether oxygens (including phenoxy) is 1. The summed E-state index contributed by atoms with van der Waals surface area (Å²) in [6.07, 6.45) is 8.65. The zero-order valence-corrected chi connectivity index (χ0v) is 16.4. The van der Waals surface area contributed by atoms with Crippen LogP contribution >= 0.6 is 0 Å². The molecule has 0 amide bonds. The second-order valence-electron chi connectivity index (χ2n) is 6.73. The molecule has 0 fully saturated rings. The monoisotopic (exact) mass is 374 g/mol. The fraction of sp³-hybridized carbons (Fsp3) is 0.208. The van der Waals surface area contributed by atoms with Crippen LogP contribution in [0.25, 0.3) is 6.08 Å². The van der Waals surface area contributed by atoms with Crippen molar-refractivity contribution in [3.63, 3.8) is 0 Å². The predicted molar refractivity (Wildman–Crippen MR) is 114 cm³/mol. The molecule has 0 bridgehead atoms. The van der Waals surface area contributed by atoms with E-state index in [1.54, 1.807) is 0 Å². The number of carbonyl (C=O) groups is 1. The maximum Gasteiger partial charge on any atom is 0.329 e. The second-order valence-corrected chi connectivity index (χ2v) is 6.73. The van der Waals surface area contributed by atoms with Crippen molar-refractivity contribution in [2.24, 2.45) is 0 Å². The summed E-state index contributed by atoms with van der Waals surface area (Å²) >= 11 is 0. The number of anilines is 1. The Hall–Kier alpha value is -3.27. The summed E-state index contributed by atoms with van der Waals surface area (Å²) in [4.78, 5) is 14.3. The Labute approximate surface area is 166 Å². The minimum Gasteiger partial charge on any atom is -0.467 e. The SMILES string of the molecule is COC(=O)[C@H](Cc1ccc(/C=C/CN(C)c2ccccc2)cc1)n1cccc1. The highest BCUT2D eigenvalue weighted by Crippen LogP contribution is 2.18. The van der Waals surface area contributed by atoms with Gasteiger partial charge in [-0.1, -0.05) is 54.6 Å². The van der Waals surface area contributed by atoms with Crippen molar-refractivity contribution in [3.05, 3.63) is 96.3 Å². The average molecular weight is 374 g/mol. The number of carbonyl (C=O) groups excluding carboxylic acids is 1. The minimum atomic E-state index is -0.346.